The van der Waals surface area contributed by atoms with E-state index in [2.05, 4.69) is 11.9 Å². The molecule has 0 spiro atoms. The van der Waals surface area contributed by atoms with Gasteiger partial charge in [0.15, 0.2) is 11.5 Å². The lowest BCUT2D eigenvalue weighted by molar-refractivity contribution is 0.143. The quantitative estimate of drug-likeness (QED) is 0.724. The van der Waals surface area contributed by atoms with Crippen LogP contribution in [0.15, 0.2) is 12.1 Å². The first kappa shape index (κ1) is 13.7. The fourth-order valence-electron chi connectivity index (χ4n) is 3.55. The molecule has 3 rings (SSSR count). The fourth-order valence-corrected chi connectivity index (χ4v) is 3.55. The van der Waals surface area contributed by atoms with Crippen molar-refractivity contribution in [1.82, 2.24) is 4.90 Å². The molecule has 1 aromatic carbocycles. The Kier molecular flexibility index (Phi) is 3.87. The summed E-state index contributed by atoms with van der Waals surface area (Å²) in [5.74, 6) is 0.657. The summed E-state index contributed by atoms with van der Waals surface area (Å²) in [6.45, 7) is 1.18. The number of likely N-dealkylation sites (N-methyl/N-ethyl adjacent to an activating group) is 1. The smallest absolute Gasteiger partial charge is 0.160 e. The van der Waals surface area contributed by atoms with Crippen LogP contribution in [0.25, 0.3) is 0 Å². The number of phenolic OH excluding ortho intramolecular Hbond substituents is 2. The Balaban J connectivity index is 0.00000120. The zero-order chi connectivity index (χ0) is 12.0. The summed E-state index contributed by atoms with van der Waals surface area (Å²) in [7, 11) is 2.20. The zero-order valence-electron chi connectivity index (χ0n) is 10.6. The second kappa shape index (κ2) is 5.10. The Labute approximate surface area is 118 Å². The van der Waals surface area contributed by atoms with Gasteiger partial charge in [0.2, 0.25) is 0 Å². The summed E-state index contributed by atoms with van der Waals surface area (Å²) in [4.78, 5) is 2.45. The second-order valence-corrected chi connectivity index (χ2v) is 5.34. The van der Waals surface area contributed by atoms with Crippen LogP contribution in [0.4, 0.5) is 0 Å². The van der Waals surface area contributed by atoms with Gasteiger partial charge in [-0.1, -0.05) is 6.07 Å². The summed E-state index contributed by atoms with van der Waals surface area (Å²) < 4.78 is 0. The lowest BCUT2D eigenvalue weighted by atomic mass is 9.74. The SMILES string of the molecule is Br.CN1CCC[C@@H]2c3ccc(O)c(O)c3CC[C@H]21. The number of benzene rings is 1. The molecule has 1 aromatic rings. The van der Waals surface area contributed by atoms with E-state index in [9.17, 15) is 10.2 Å². The highest BCUT2D eigenvalue weighted by molar-refractivity contribution is 8.93. The Hall–Kier alpha value is -0.740. The molecule has 2 atom stereocenters. The van der Waals surface area contributed by atoms with Crippen LogP contribution in [-0.2, 0) is 6.42 Å². The fraction of sp³-hybridized carbons (Fsp3) is 0.571. The summed E-state index contributed by atoms with van der Waals surface area (Å²) in [5.41, 5.74) is 2.23. The summed E-state index contributed by atoms with van der Waals surface area (Å²) >= 11 is 0. The number of halogens is 1. The first-order valence-corrected chi connectivity index (χ1v) is 6.42. The summed E-state index contributed by atoms with van der Waals surface area (Å²) in [6.07, 6.45) is 4.39. The predicted octanol–water partition coefficient (Wildman–Crippen LogP) is 2.80. The number of hydrogen-bond donors (Lipinski definition) is 2. The monoisotopic (exact) mass is 313 g/mol. The maximum atomic E-state index is 9.94. The van der Waals surface area contributed by atoms with Crippen LogP contribution in [0.3, 0.4) is 0 Å². The molecule has 18 heavy (non-hydrogen) atoms. The molecular formula is C14H20BrNO2. The molecule has 2 aliphatic rings. The Morgan fingerprint density at radius 3 is 2.78 bits per heavy atom. The minimum Gasteiger partial charge on any atom is -0.504 e. The molecule has 0 amide bonds. The third kappa shape index (κ3) is 2.01. The van der Waals surface area contributed by atoms with Crippen molar-refractivity contribution in [2.45, 2.75) is 37.6 Å². The van der Waals surface area contributed by atoms with Gasteiger partial charge >= 0.3 is 0 Å². The van der Waals surface area contributed by atoms with Crippen molar-refractivity contribution in [2.75, 3.05) is 13.6 Å². The molecule has 4 heteroatoms. The van der Waals surface area contributed by atoms with Gasteiger partial charge in [-0.05, 0) is 56.8 Å². The molecule has 0 aromatic heterocycles. The van der Waals surface area contributed by atoms with Gasteiger partial charge in [-0.15, -0.1) is 17.0 Å². The molecule has 100 valence electrons. The van der Waals surface area contributed by atoms with Crippen LogP contribution >= 0.6 is 17.0 Å². The number of rotatable bonds is 0. The van der Waals surface area contributed by atoms with Gasteiger partial charge in [-0.3, -0.25) is 0 Å². The predicted molar refractivity (Wildman–Crippen MR) is 76.8 cm³/mol. The molecule has 0 unspecified atom stereocenters. The number of fused-ring (bicyclic) bond motifs is 3. The van der Waals surface area contributed by atoms with Crippen molar-refractivity contribution >= 4 is 17.0 Å². The number of phenols is 2. The van der Waals surface area contributed by atoms with E-state index >= 15 is 0 Å². The molecule has 1 fully saturated rings. The van der Waals surface area contributed by atoms with Crippen LogP contribution in [0.5, 0.6) is 11.5 Å². The van der Waals surface area contributed by atoms with Gasteiger partial charge in [0.25, 0.3) is 0 Å². The van der Waals surface area contributed by atoms with Crippen LogP contribution in [0.1, 0.15) is 36.3 Å². The maximum Gasteiger partial charge on any atom is 0.160 e. The van der Waals surface area contributed by atoms with Crippen LogP contribution in [0, 0.1) is 0 Å². The van der Waals surface area contributed by atoms with E-state index in [-0.39, 0.29) is 28.5 Å². The lowest BCUT2D eigenvalue weighted by Gasteiger charge is -2.43. The molecule has 1 heterocycles. The van der Waals surface area contributed by atoms with E-state index in [4.69, 9.17) is 0 Å². The van der Waals surface area contributed by atoms with Crippen molar-refractivity contribution in [3.8, 4) is 11.5 Å². The van der Waals surface area contributed by atoms with Crippen molar-refractivity contribution in [1.29, 1.82) is 0 Å². The van der Waals surface area contributed by atoms with Crippen molar-refractivity contribution in [3.05, 3.63) is 23.3 Å². The van der Waals surface area contributed by atoms with Crippen molar-refractivity contribution in [3.63, 3.8) is 0 Å². The van der Waals surface area contributed by atoms with Crippen LogP contribution in [-0.4, -0.2) is 34.7 Å². The highest BCUT2D eigenvalue weighted by atomic mass is 79.9. The van der Waals surface area contributed by atoms with Crippen molar-refractivity contribution < 1.29 is 10.2 Å². The molecule has 3 nitrogen and oxygen atoms in total. The van der Waals surface area contributed by atoms with Crippen LogP contribution < -0.4 is 0 Å². The maximum absolute atomic E-state index is 9.94. The van der Waals surface area contributed by atoms with Gasteiger partial charge in [0.05, 0.1) is 0 Å². The molecule has 0 saturated carbocycles. The zero-order valence-corrected chi connectivity index (χ0v) is 12.3. The van der Waals surface area contributed by atoms with Gasteiger partial charge in [0, 0.05) is 11.6 Å². The largest absolute Gasteiger partial charge is 0.504 e. The Morgan fingerprint density at radius 2 is 2.00 bits per heavy atom. The molecule has 0 bridgehead atoms. The van der Waals surface area contributed by atoms with E-state index in [1.54, 1.807) is 6.07 Å². The highest BCUT2D eigenvalue weighted by Crippen LogP contribution is 2.45. The van der Waals surface area contributed by atoms with Gasteiger partial charge in [-0.2, -0.15) is 0 Å². The first-order valence-electron chi connectivity index (χ1n) is 6.42. The Bertz CT molecular complexity index is 450. The average molecular weight is 314 g/mol. The number of hydrogen-bond acceptors (Lipinski definition) is 3. The normalized spacial score (nSPS) is 26.9. The molecule has 1 aliphatic carbocycles. The van der Waals surface area contributed by atoms with Gasteiger partial charge in [0.1, 0.15) is 0 Å². The molecular weight excluding hydrogens is 294 g/mol. The summed E-state index contributed by atoms with van der Waals surface area (Å²) in [5, 5.41) is 19.5. The standard InChI is InChI=1S/C14H19NO2.BrH/c1-15-8-2-3-10-9-5-7-13(16)14(17)11(9)4-6-12(10)15;/h5,7,10,12,16-17H,2-4,6,8H2,1H3;1H/t10-,12-;/m1./s1. The van der Waals surface area contributed by atoms with Crippen LogP contribution in [0.2, 0.25) is 0 Å². The lowest BCUT2D eigenvalue weighted by Crippen LogP contribution is -2.43. The topological polar surface area (TPSA) is 43.7 Å². The summed E-state index contributed by atoms with van der Waals surface area (Å²) in [6, 6.07) is 4.24. The van der Waals surface area contributed by atoms with E-state index < -0.39 is 0 Å². The van der Waals surface area contributed by atoms with E-state index in [0.717, 1.165) is 18.4 Å². The molecule has 1 aliphatic heterocycles. The third-order valence-electron chi connectivity index (χ3n) is 4.44. The second-order valence-electron chi connectivity index (χ2n) is 5.34. The Morgan fingerprint density at radius 1 is 1.22 bits per heavy atom. The molecule has 0 radical (unpaired) electrons. The third-order valence-corrected chi connectivity index (χ3v) is 4.44. The molecule has 1 saturated heterocycles. The number of aromatic hydroxyl groups is 2. The number of nitrogens with zero attached hydrogens (tertiary/aromatic N) is 1. The number of likely N-dealkylation sites (tertiary alicyclic amines) is 1. The highest BCUT2D eigenvalue weighted by Gasteiger charge is 2.35. The minimum absolute atomic E-state index is 0. The van der Waals surface area contributed by atoms with Crippen molar-refractivity contribution in [2.24, 2.45) is 0 Å². The molecule has 2 N–H and O–H groups in total. The van der Waals surface area contributed by atoms with Gasteiger partial charge in [-0.25, -0.2) is 0 Å². The van der Waals surface area contributed by atoms with Gasteiger partial charge < -0.3 is 15.1 Å². The van der Waals surface area contributed by atoms with E-state index in [1.807, 2.05) is 6.07 Å². The minimum atomic E-state index is 0. The average Bonchev–Trinajstić information content (AvgIpc) is 2.34. The van der Waals surface area contributed by atoms with E-state index in [1.165, 1.54) is 24.9 Å². The number of piperidine rings is 1. The van der Waals surface area contributed by atoms with E-state index in [0.29, 0.717) is 12.0 Å². The first-order chi connectivity index (χ1) is 8.18.